The summed E-state index contributed by atoms with van der Waals surface area (Å²) in [5.74, 6) is -0.118. The Balaban J connectivity index is 1.65. The molecule has 34 heavy (non-hydrogen) atoms. The number of carbonyl (C=O) groups is 2. The van der Waals surface area contributed by atoms with E-state index in [9.17, 15) is 9.59 Å². The van der Waals surface area contributed by atoms with Gasteiger partial charge in [0, 0.05) is 17.1 Å². The third kappa shape index (κ3) is 5.82. The number of aromatic nitrogens is 1. The van der Waals surface area contributed by atoms with Crippen molar-refractivity contribution < 1.29 is 9.59 Å². The summed E-state index contributed by atoms with van der Waals surface area (Å²) in [6.45, 7) is 1.94. The highest BCUT2D eigenvalue weighted by molar-refractivity contribution is 7.98. The summed E-state index contributed by atoms with van der Waals surface area (Å²) in [5.41, 5.74) is 10.00. The molecule has 4 N–H and O–H groups in total. The number of rotatable bonds is 7. The quantitative estimate of drug-likeness (QED) is 0.299. The van der Waals surface area contributed by atoms with E-state index in [4.69, 9.17) is 5.73 Å². The van der Waals surface area contributed by atoms with Crippen LogP contribution >= 0.6 is 11.8 Å². The molecule has 6 nitrogen and oxygen atoms in total. The summed E-state index contributed by atoms with van der Waals surface area (Å²) in [5, 5.41) is 6.17. The molecule has 1 heterocycles. The molecule has 4 rings (SSSR count). The number of nitrogen functional groups attached to an aromatic ring is 1. The number of hydrogen-bond acceptors (Lipinski definition) is 5. The lowest BCUT2D eigenvalue weighted by Crippen LogP contribution is -2.19. The average Bonchev–Trinajstić information content (AvgIpc) is 2.84. The van der Waals surface area contributed by atoms with Gasteiger partial charge in [-0.15, -0.1) is 11.8 Å². The van der Waals surface area contributed by atoms with Crippen LogP contribution < -0.4 is 16.4 Å². The van der Waals surface area contributed by atoms with E-state index in [0.29, 0.717) is 22.2 Å². The third-order valence-electron chi connectivity index (χ3n) is 5.03. The van der Waals surface area contributed by atoms with Crippen LogP contribution in [0, 0.1) is 6.92 Å². The van der Waals surface area contributed by atoms with E-state index in [0.717, 1.165) is 11.1 Å². The van der Waals surface area contributed by atoms with Crippen LogP contribution in [0.2, 0.25) is 0 Å². The topological polar surface area (TPSA) is 97.1 Å². The number of carbonyl (C=O) groups excluding carboxylic acids is 2. The molecule has 0 radical (unpaired) electrons. The van der Waals surface area contributed by atoms with E-state index >= 15 is 0 Å². The lowest BCUT2D eigenvalue weighted by Gasteiger charge is -2.14. The fourth-order valence-corrected chi connectivity index (χ4v) is 4.30. The normalized spacial score (nSPS) is 10.5. The highest BCUT2D eigenvalue weighted by Crippen LogP contribution is 2.29. The van der Waals surface area contributed by atoms with E-state index in [1.54, 1.807) is 18.2 Å². The van der Waals surface area contributed by atoms with Gasteiger partial charge in [0.25, 0.3) is 11.8 Å². The van der Waals surface area contributed by atoms with Gasteiger partial charge in [0.2, 0.25) is 0 Å². The van der Waals surface area contributed by atoms with Crippen LogP contribution in [0.5, 0.6) is 0 Å². The van der Waals surface area contributed by atoms with Gasteiger partial charge in [0.05, 0.1) is 11.1 Å². The van der Waals surface area contributed by atoms with Crippen molar-refractivity contribution >= 4 is 40.8 Å². The molecule has 170 valence electrons. The minimum Gasteiger partial charge on any atom is -0.383 e. The number of aryl methyl sites for hydroxylation is 1. The van der Waals surface area contributed by atoms with Gasteiger partial charge in [-0.05, 0) is 48.4 Å². The van der Waals surface area contributed by atoms with Gasteiger partial charge in [-0.25, -0.2) is 4.98 Å². The molecule has 4 aromatic rings. The Hall–Kier alpha value is -4.10. The van der Waals surface area contributed by atoms with E-state index in [2.05, 4.69) is 15.6 Å². The largest absolute Gasteiger partial charge is 0.383 e. The Kier molecular flexibility index (Phi) is 7.25. The summed E-state index contributed by atoms with van der Waals surface area (Å²) in [7, 11) is 0. The van der Waals surface area contributed by atoms with E-state index in [1.165, 1.54) is 17.8 Å². The van der Waals surface area contributed by atoms with E-state index in [1.807, 2.05) is 73.7 Å². The van der Waals surface area contributed by atoms with Gasteiger partial charge in [0.1, 0.15) is 10.8 Å². The van der Waals surface area contributed by atoms with Crippen molar-refractivity contribution in [1.82, 2.24) is 4.98 Å². The molecule has 0 aliphatic carbocycles. The third-order valence-corrected chi connectivity index (χ3v) is 6.09. The number of nitrogens with two attached hydrogens (primary N) is 1. The van der Waals surface area contributed by atoms with Crippen molar-refractivity contribution in [3.63, 3.8) is 0 Å². The summed E-state index contributed by atoms with van der Waals surface area (Å²) in [6, 6.07) is 28.0. The smallest absolute Gasteiger partial charge is 0.259 e. The Morgan fingerprint density at radius 2 is 1.41 bits per heavy atom. The molecule has 2 amide bonds. The van der Waals surface area contributed by atoms with Crippen molar-refractivity contribution in [2.75, 3.05) is 16.4 Å². The second-order valence-electron chi connectivity index (χ2n) is 7.69. The zero-order valence-electron chi connectivity index (χ0n) is 18.6. The van der Waals surface area contributed by atoms with Gasteiger partial charge in [0.15, 0.2) is 0 Å². The first-order chi connectivity index (χ1) is 16.5. The summed E-state index contributed by atoms with van der Waals surface area (Å²) in [4.78, 5) is 30.6. The molecule has 0 saturated heterocycles. The number of amides is 2. The highest BCUT2D eigenvalue weighted by atomic mass is 32.2. The van der Waals surface area contributed by atoms with Crippen LogP contribution in [0.15, 0.2) is 96.0 Å². The number of benzene rings is 3. The average molecular weight is 469 g/mol. The zero-order valence-corrected chi connectivity index (χ0v) is 19.4. The van der Waals surface area contributed by atoms with Crippen LogP contribution in [-0.4, -0.2) is 16.8 Å². The molecule has 0 aliphatic rings. The zero-order chi connectivity index (χ0) is 23.9. The summed E-state index contributed by atoms with van der Waals surface area (Å²) in [6.07, 6.45) is 0. The molecule has 0 spiro atoms. The lowest BCUT2D eigenvalue weighted by atomic mass is 10.1. The van der Waals surface area contributed by atoms with Gasteiger partial charge in [-0.1, -0.05) is 60.7 Å². The first-order valence-electron chi connectivity index (χ1n) is 10.7. The van der Waals surface area contributed by atoms with Crippen molar-refractivity contribution in [3.05, 3.63) is 113 Å². The van der Waals surface area contributed by atoms with E-state index in [-0.39, 0.29) is 22.9 Å². The van der Waals surface area contributed by atoms with Crippen molar-refractivity contribution in [1.29, 1.82) is 0 Å². The molecule has 0 bridgehead atoms. The first-order valence-corrected chi connectivity index (χ1v) is 11.7. The van der Waals surface area contributed by atoms with Crippen molar-refractivity contribution in [2.45, 2.75) is 17.7 Å². The second kappa shape index (κ2) is 10.7. The number of para-hydroxylation sites is 1. The first kappa shape index (κ1) is 23.1. The maximum absolute atomic E-state index is 13.2. The fraction of sp³-hybridized carbons (Fsp3) is 0.0741. The predicted octanol–water partition coefficient (Wildman–Crippen LogP) is 5.77. The predicted molar refractivity (Wildman–Crippen MR) is 138 cm³/mol. The van der Waals surface area contributed by atoms with E-state index < -0.39 is 5.91 Å². The molecule has 0 aliphatic heterocycles. The molecule has 0 unspecified atom stereocenters. The SMILES string of the molecule is Cc1cccc(NC(=O)c2cc(C(=O)Nc3ccccc3)c(SCc3ccccc3)nc2N)c1. The van der Waals surface area contributed by atoms with Crippen LogP contribution in [-0.2, 0) is 5.75 Å². The lowest BCUT2D eigenvalue weighted by molar-refractivity contribution is 0.102. The Morgan fingerprint density at radius 3 is 2.12 bits per heavy atom. The molecule has 0 fully saturated rings. The Labute approximate surface area is 202 Å². The standard InChI is InChI=1S/C27H24N4O2S/c1-18-9-8-14-21(15-18)30-25(32)22-16-23(26(33)29-20-12-6-3-7-13-20)27(31-24(22)28)34-17-19-10-4-2-5-11-19/h2-16H,17H2,1H3,(H2,28,31)(H,29,33)(H,30,32). The molecule has 0 atom stereocenters. The molecule has 3 aromatic carbocycles. The second-order valence-corrected chi connectivity index (χ2v) is 8.66. The molecular weight excluding hydrogens is 444 g/mol. The van der Waals surface area contributed by atoms with Crippen molar-refractivity contribution in [2.24, 2.45) is 0 Å². The maximum Gasteiger partial charge on any atom is 0.259 e. The van der Waals surface area contributed by atoms with Gasteiger partial charge < -0.3 is 16.4 Å². The number of nitrogens with zero attached hydrogens (tertiary/aromatic N) is 1. The van der Waals surface area contributed by atoms with Crippen LogP contribution in [0.3, 0.4) is 0 Å². The number of anilines is 3. The summed E-state index contributed by atoms with van der Waals surface area (Å²) < 4.78 is 0. The molecule has 0 saturated carbocycles. The highest BCUT2D eigenvalue weighted by Gasteiger charge is 2.21. The van der Waals surface area contributed by atoms with Crippen LogP contribution in [0.4, 0.5) is 17.2 Å². The number of thioether (sulfide) groups is 1. The number of pyridine rings is 1. The van der Waals surface area contributed by atoms with Gasteiger partial charge >= 0.3 is 0 Å². The molecule has 7 heteroatoms. The monoisotopic (exact) mass is 468 g/mol. The van der Waals surface area contributed by atoms with Gasteiger partial charge in [-0.3, -0.25) is 9.59 Å². The number of nitrogens with one attached hydrogen (secondary N) is 2. The Bertz CT molecular complexity index is 1310. The van der Waals surface area contributed by atoms with Crippen LogP contribution in [0.1, 0.15) is 31.8 Å². The number of hydrogen-bond donors (Lipinski definition) is 3. The van der Waals surface area contributed by atoms with Gasteiger partial charge in [-0.2, -0.15) is 0 Å². The summed E-state index contributed by atoms with van der Waals surface area (Å²) >= 11 is 1.40. The maximum atomic E-state index is 13.2. The molecular formula is C27H24N4O2S. The minimum absolute atomic E-state index is 0.0666. The van der Waals surface area contributed by atoms with Crippen LogP contribution in [0.25, 0.3) is 0 Å². The molecule has 1 aromatic heterocycles. The fourth-order valence-electron chi connectivity index (χ4n) is 3.33. The van der Waals surface area contributed by atoms with Crippen molar-refractivity contribution in [3.8, 4) is 0 Å². The Morgan fingerprint density at radius 1 is 0.794 bits per heavy atom. The minimum atomic E-state index is -0.427.